The molecule has 0 aliphatic carbocycles. The van der Waals surface area contributed by atoms with E-state index in [-0.39, 0.29) is 6.61 Å². The predicted molar refractivity (Wildman–Crippen MR) is 232 cm³/mol. The number of unbranched alkanes of at least 4 members (excludes halogenated alkanes) is 36. The number of aliphatic hydroxyl groups excluding tert-OH is 3. The van der Waals surface area contributed by atoms with Crippen LogP contribution >= 0.6 is 0 Å². The molecule has 53 heavy (non-hydrogen) atoms. The molecule has 0 fully saturated rings. The van der Waals surface area contributed by atoms with E-state index in [1.54, 1.807) is 6.08 Å². The van der Waals surface area contributed by atoms with Crippen molar-refractivity contribution in [3.63, 3.8) is 0 Å². The Kier molecular flexibility index (Phi) is 43.1. The Morgan fingerprint density at radius 1 is 0.453 bits per heavy atom. The fraction of sp³-hybridized carbons (Fsp3) is 0.938. The molecule has 5 nitrogen and oxygen atoms in total. The summed E-state index contributed by atoms with van der Waals surface area (Å²) >= 11 is 0. The van der Waals surface area contributed by atoms with Gasteiger partial charge < -0.3 is 20.6 Å². The number of aliphatic hydroxyl groups is 3. The molecule has 0 aromatic rings. The molecule has 0 aliphatic rings. The first-order valence-corrected chi connectivity index (χ1v) is 24.0. The van der Waals surface area contributed by atoms with E-state index in [9.17, 15) is 20.1 Å². The Morgan fingerprint density at radius 2 is 0.736 bits per heavy atom. The SMILES string of the molecule is CCCCCCCCCCCCCCCCCCCC/C=C/C(O)C(CO)NC(=O)C(O)CCCCCCCCCCCCCCCCCCCCC. The molecule has 1 amide bonds. The Balaban J connectivity index is 3.61. The van der Waals surface area contributed by atoms with Crippen LogP contribution in [-0.4, -0.2) is 46.1 Å². The van der Waals surface area contributed by atoms with Crippen molar-refractivity contribution in [1.29, 1.82) is 0 Å². The van der Waals surface area contributed by atoms with Gasteiger partial charge in [0.2, 0.25) is 5.91 Å². The van der Waals surface area contributed by atoms with Gasteiger partial charge in [0.15, 0.2) is 0 Å². The predicted octanol–water partition coefficient (Wildman–Crippen LogP) is 14.0. The third kappa shape index (κ3) is 39.1. The van der Waals surface area contributed by atoms with Crippen LogP contribution in [0.3, 0.4) is 0 Å². The third-order valence-corrected chi connectivity index (χ3v) is 11.4. The maximum atomic E-state index is 12.5. The molecule has 0 spiro atoms. The van der Waals surface area contributed by atoms with Gasteiger partial charge in [0.1, 0.15) is 6.10 Å². The van der Waals surface area contributed by atoms with Gasteiger partial charge in [0.05, 0.1) is 18.8 Å². The minimum Gasteiger partial charge on any atom is -0.394 e. The number of carbonyl (C=O) groups is 1. The van der Waals surface area contributed by atoms with Crippen LogP contribution in [0, 0.1) is 0 Å². The summed E-state index contributed by atoms with van der Waals surface area (Å²) in [5.74, 6) is -0.498. The van der Waals surface area contributed by atoms with Gasteiger partial charge in [-0.3, -0.25) is 4.79 Å². The number of carbonyl (C=O) groups excluding carboxylic acids is 1. The Morgan fingerprint density at radius 3 is 1.04 bits per heavy atom. The highest BCUT2D eigenvalue weighted by molar-refractivity contribution is 5.80. The number of allylic oxidation sites excluding steroid dienone is 1. The highest BCUT2D eigenvalue weighted by atomic mass is 16.3. The van der Waals surface area contributed by atoms with Gasteiger partial charge in [-0.05, 0) is 19.3 Å². The van der Waals surface area contributed by atoms with Gasteiger partial charge >= 0.3 is 0 Å². The standard InChI is InChI=1S/C48H95NO4/c1-3-5-7-9-11-13-15-17-19-21-23-25-26-28-30-32-34-36-38-40-42-46(51)45(44-50)49-48(53)47(52)43-41-39-37-35-33-31-29-27-24-22-20-18-16-14-12-10-8-6-4-2/h40,42,45-47,50-52H,3-39,41,43-44H2,1-2H3,(H,49,53)/b42-40+. The largest absolute Gasteiger partial charge is 0.394 e. The molecule has 0 aromatic heterocycles. The second kappa shape index (κ2) is 43.8. The first-order chi connectivity index (χ1) is 26.1. The zero-order valence-electron chi connectivity index (χ0n) is 35.9. The number of amides is 1. The lowest BCUT2D eigenvalue weighted by molar-refractivity contribution is -0.131. The maximum Gasteiger partial charge on any atom is 0.249 e. The van der Waals surface area contributed by atoms with E-state index in [1.807, 2.05) is 6.08 Å². The van der Waals surface area contributed by atoms with Crippen molar-refractivity contribution in [3.8, 4) is 0 Å². The zero-order valence-corrected chi connectivity index (χ0v) is 35.9. The first kappa shape index (κ1) is 52.1. The average Bonchev–Trinajstić information content (AvgIpc) is 3.16. The number of hydrogen-bond acceptors (Lipinski definition) is 4. The van der Waals surface area contributed by atoms with Crippen molar-refractivity contribution in [2.75, 3.05) is 6.61 Å². The van der Waals surface area contributed by atoms with E-state index in [1.165, 1.54) is 212 Å². The third-order valence-electron chi connectivity index (χ3n) is 11.4. The van der Waals surface area contributed by atoms with Gasteiger partial charge in [-0.1, -0.05) is 257 Å². The first-order valence-electron chi connectivity index (χ1n) is 24.0. The fourth-order valence-electron chi connectivity index (χ4n) is 7.60. The van der Waals surface area contributed by atoms with Crippen LogP contribution < -0.4 is 5.32 Å². The summed E-state index contributed by atoms with van der Waals surface area (Å²) in [5.41, 5.74) is 0. The molecule has 0 saturated carbocycles. The molecular formula is C48H95NO4. The highest BCUT2D eigenvalue weighted by Crippen LogP contribution is 2.17. The van der Waals surface area contributed by atoms with Crippen LogP contribution in [0.1, 0.15) is 264 Å². The molecule has 0 aromatic carbocycles. The summed E-state index contributed by atoms with van der Waals surface area (Å²) in [5, 5.41) is 33.2. The van der Waals surface area contributed by atoms with Crippen molar-refractivity contribution < 1.29 is 20.1 Å². The lowest BCUT2D eigenvalue weighted by atomic mass is 10.0. The van der Waals surface area contributed by atoms with E-state index < -0.39 is 24.2 Å². The molecule has 316 valence electrons. The van der Waals surface area contributed by atoms with E-state index >= 15 is 0 Å². The van der Waals surface area contributed by atoms with Crippen LogP contribution in [0.2, 0.25) is 0 Å². The smallest absolute Gasteiger partial charge is 0.249 e. The average molecular weight is 750 g/mol. The van der Waals surface area contributed by atoms with Gasteiger partial charge in [-0.15, -0.1) is 0 Å². The molecule has 4 N–H and O–H groups in total. The van der Waals surface area contributed by atoms with Crippen LogP contribution in [0.25, 0.3) is 0 Å². The van der Waals surface area contributed by atoms with Crippen molar-refractivity contribution in [3.05, 3.63) is 12.2 Å². The van der Waals surface area contributed by atoms with Crippen molar-refractivity contribution in [2.45, 2.75) is 283 Å². The van der Waals surface area contributed by atoms with Crippen LogP contribution in [0.4, 0.5) is 0 Å². The molecule has 0 bridgehead atoms. The minimum atomic E-state index is -1.09. The number of nitrogens with one attached hydrogen (secondary N) is 1. The van der Waals surface area contributed by atoms with Gasteiger partial charge in [0.25, 0.3) is 0 Å². The molecule has 3 atom stereocenters. The Labute approximate surface area is 331 Å². The van der Waals surface area contributed by atoms with E-state index in [0.717, 1.165) is 32.1 Å². The summed E-state index contributed by atoms with van der Waals surface area (Å²) in [7, 11) is 0. The summed E-state index contributed by atoms with van der Waals surface area (Å²) in [6.07, 6.45) is 52.5. The molecule has 0 heterocycles. The van der Waals surface area contributed by atoms with Crippen molar-refractivity contribution >= 4 is 5.91 Å². The minimum absolute atomic E-state index is 0.359. The lowest BCUT2D eigenvalue weighted by Gasteiger charge is -2.21. The summed E-state index contributed by atoms with van der Waals surface area (Å²) in [4.78, 5) is 12.5. The lowest BCUT2D eigenvalue weighted by Crippen LogP contribution is -2.48. The van der Waals surface area contributed by atoms with Crippen molar-refractivity contribution in [2.24, 2.45) is 0 Å². The zero-order chi connectivity index (χ0) is 38.7. The van der Waals surface area contributed by atoms with Gasteiger partial charge in [-0.2, -0.15) is 0 Å². The Hall–Kier alpha value is -0.910. The molecule has 3 unspecified atom stereocenters. The second-order valence-corrected chi connectivity index (χ2v) is 16.7. The van der Waals surface area contributed by atoms with Gasteiger partial charge in [-0.25, -0.2) is 0 Å². The Bertz CT molecular complexity index is 743. The van der Waals surface area contributed by atoms with Gasteiger partial charge in [0, 0.05) is 0 Å². The van der Waals surface area contributed by atoms with E-state index in [0.29, 0.717) is 6.42 Å². The normalized spacial score (nSPS) is 13.5. The topological polar surface area (TPSA) is 89.8 Å². The molecule has 0 rings (SSSR count). The second-order valence-electron chi connectivity index (χ2n) is 16.7. The van der Waals surface area contributed by atoms with E-state index in [4.69, 9.17) is 0 Å². The summed E-state index contributed by atoms with van der Waals surface area (Å²) < 4.78 is 0. The van der Waals surface area contributed by atoms with Crippen LogP contribution in [0.15, 0.2) is 12.2 Å². The molecule has 5 heteroatoms. The molecular weight excluding hydrogens is 655 g/mol. The monoisotopic (exact) mass is 750 g/mol. The summed E-state index contributed by atoms with van der Waals surface area (Å²) in [6.45, 7) is 4.21. The molecule has 0 aliphatic heterocycles. The fourth-order valence-corrected chi connectivity index (χ4v) is 7.60. The molecule has 0 radical (unpaired) electrons. The summed E-state index contributed by atoms with van der Waals surface area (Å²) in [6, 6.07) is -0.793. The van der Waals surface area contributed by atoms with Crippen LogP contribution in [-0.2, 0) is 4.79 Å². The number of hydrogen-bond donors (Lipinski definition) is 4. The number of rotatable bonds is 44. The molecule has 0 saturated heterocycles. The van der Waals surface area contributed by atoms with Crippen LogP contribution in [0.5, 0.6) is 0 Å². The van der Waals surface area contributed by atoms with E-state index in [2.05, 4.69) is 19.2 Å². The maximum absolute atomic E-state index is 12.5. The quantitative estimate of drug-likeness (QED) is 0.0369. The highest BCUT2D eigenvalue weighted by Gasteiger charge is 2.22. The van der Waals surface area contributed by atoms with Crippen molar-refractivity contribution in [1.82, 2.24) is 5.32 Å².